The van der Waals surface area contributed by atoms with Gasteiger partial charge in [0.2, 0.25) is 0 Å². The van der Waals surface area contributed by atoms with Crippen LogP contribution in [0.3, 0.4) is 0 Å². The first-order valence-electron chi connectivity index (χ1n) is 7.34. The molecule has 5 heteroatoms. The van der Waals surface area contributed by atoms with Crippen LogP contribution in [-0.4, -0.2) is 17.5 Å². The Labute approximate surface area is 125 Å². The minimum atomic E-state index is -0.421. The Balaban J connectivity index is 2.71. The van der Waals surface area contributed by atoms with E-state index in [1.165, 1.54) is 12.1 Å². The Morgan fingerprint density at radius 2 is 1.90 bits per heavy atom. The van der Waals surface area contributed by atoms with Crippen LogP contribution in [0.5, 0.6) is 0 Å². The number of carbonyl (C=O) groups is 1. The number of esters is 1. The maximum absolute atomic E-state index is 11.9. The zero-order valence-electron chi connectivity index (χ0n) is 12.9. The first-order chi connectivity index (χ1) is 9.93. The van der Waals surface area contributed by atoms with Crippen molar-refractivity contribution in [3.63, 3.8) is 0 Å². The Kier molecular flexibility index (Phi) is 6.85. The van der Waals surface area contributed by atoms with Gasteiger partial charge in [0, 0.05) is 12.1 Å². The Bertz CT molecular complexity index is 468. The molecule has 0 aromatic heterocycles. The fourth-order valence-corrected chi connectivity index (χ4v) is 2.12. The Morgan fingerprint density at radius 3 is 2.38 bits per heavy atom. The fourth-order valence-electron chi connectivity index (χ4n) is 2.12. The monoisotopic (exact) mass is 293 g/mol. The summed E-state index contributed by atoms with van der Waals surface area (Å²) in [6, 6.07) is 6.43. The van der Waals surface area contributed by atoms with Crippen LogP contribution in [0.2, 0.25) is 0 Å². The molecule has 0 radical (unpaired) electrons. The number of benzene rings is 1. The second-order valence-electron chi connectivity index (χ2n) is 5.62. The summed E-state index contributed by atoms with van der Waals surface area (Å²) in [4.78, 5) is 22.1. The summed E-state index contributed by atoms with van der Waals surface area (Å²) in [6.45, 7) is 6.47. The van der Waals surface area contributed by atoms with Crippen LogP contribution in [-0.2, 0) is 9.53 Å². The molecule has 0 aliphatic rings. The molecule has 1 aromatic carbocycles. The lowest BCUT2D eigenvalue weighted by Gasteiger charge is -2.16. The van der Waals surface area contributed by atoms with E-state index in [2.05, 4.69) is 6.92 Å². The van der Waals surface area contributed by atoms with Crippen LogP contribution in [0.1, 0.15) is 51.5 Å². The molecule has 21 heavy (non-hydrogen) atoms. The molecule has 0 aliphatic heterocycles. The van der Waals surface area contributed by atoms with Crippen molar-refractivity contribution in [2.24, 2.45) is 5.92 Å². The molecule has 5 nitrogen and oxygen atoms in total. The first-order valence-corrected chi connectivity index (χ1v) is 7.34. The average Bonchev–Trinajstić information content (AvgIpc) is 2.45. The molecule has 0 fully saturated rings. The van der Waals surface area contributed by atoms with Crippen molar-refractivity contribution < 1.29 is 14.5 Å². The summed E-state index contributed by atoms with van der Waals surface area (Å²) in [7, 11) is 0. The molecule has 0 N–H and O–H groups in total. The van der Waals surface area contributed by atoms with Gasteiger partial charge >= 0.3 is 5.97 Å². The van der Waals surface area contributed by atoms with Crippen LogP contribution >= 0.6 is 0 Å². The van der Waals surface area contributed by atoms with E-state index in [9.17, 15) is 14.9 Å². The third-order valence-electron chi connectivity index (χ3n) is 3.20. The van der Waals surface area contributed by atoms with E-state index in [0.29, 0.717) is 18.9 Å². The molecule has 0 bridgehead atoms. The predicted molar refractivity (Wildman–Crippen MR) is 81.2 cm³/mol. The molecule has 1 unspecified atom stereocenters. The van der Waals surface area contributed by atoms with E-state index in [1.807, 2.05) is 13.8 Å². The van der Waals surface area contributed by atoms with Gasteiger partial charge in [-0.05, 0) is 23.8 Å². The van der Waals surface area contributed by atoms with Crippen LogP contribution in [0, 0.1) is 16.0 Å². The van der Waals surface area contributed by atoms with Gasteiger partial charge in [-0.25, -0.2) is 0 Å². The normalized spacial score (nSPS) is 12.2. The number of nitro groups is 1. The largest absolute Gasteiger partial charge is 0.465 e. The lowest BCUT2D eigenvalue weighted by atomic mass is 9.91. The van der Waals surface area contributed by atoms with Crippen molar-refractivity contribution in [2.75, 3.05) is 6.61 Å². The van der Waals surface area contributed by atoms with Crippen molar-refractivity contribution in [2.45, 2.75) is 46.0 Å². The van der Waals surface area contributed by atoms with Gasteiger partial charge in [-0.1, -0.05) is 39.3 Å². The van der Waals surface area contributed by atoms with Gasteiger partial charge in [-0.3, -0.25) is 14.9 Å². The number of hydrogen-bond donors (Lipinski definition) is 0. The molecule has 0 saturated carbocycles. The molecule has 0 heterocycles. The van der Waals surface area contributed by atoms with Crippen molar-refractivity contribution in [3.8, 4) is 0 Å². The Morgan fingerprint density at radius 1 is 1.29 bits per heavy atom. The highest BCUT2D eigenvalue weighted by atomic mass is 16.6. The van der Waals surface area contributed by atoms with Crippen molar-refractivity contribution in [1.82, 2.24) is 0 Å². The van der Waals surface area contributed by atoms with Gasteiger partial charge in [-0.2, -0.15) is 0 Å². The summed E-state index contributed by atoms with van der Waals surface area (Å²) in [5, 5.41) is 10.7. The van der Waals surface area contributed by atoms with Gasteiger partial charge in [0.05, 0.1) is 18.0 Å². The molecule has 116 valence electrons. The molecule has 0 aliphatic carbocycles. The van der Waals surface area contributed by atoms with E-state index in [1.54, 1.807) is 12.1 Å². The fraction of sp³-hybridized carbons (Fsp3) is 0.562. The number of ether oxygens (including phenoxy) is 1. The van der Waals surface area contributed by atoms with Crippen molar-refractivity contribution in [3.05, 3.63) is 39.9 Å². The quantitative estimate of drug-likeness (QED) is 0.411. The first kappa shape index (κ1) is 17.1. The van der Waals surface area contributed by atoms with Crippen LogP contribution in [0.4, 0.5) is 5.69 Å². The maximum atomic E-state index is 11.9. The number of nitrogens with zero attached hydrogens (tertiary/aromatic N) is 1. The zero-order chi connectivity index (χ0) is 15.8. The van der Waals surface area contributed by atoms with Crippen molar-refractivity contribution in [1.29, 1.82) is 0 Å². The average molecular weight is 293 g/mol. The predicted octanol–water partition coefficient (Wildman–Crippen LogP) is 4.07. The van der Waals surface area contributed by atoms with Gasteiger partial charge in [0.1, 0.15) is 0 Å². The maximum Gasteiger partial charge on any atom is 0.306 e. The lowest BCUT2D eigenvalue weighted by molar-refractivity contribution is -0.384. The standard InChI is InChI=1S/C16H23NO4/c1-4-5-14(10-16(18)21-11-12(2)3)13-6-8-15(9-7-13)17(19)20/h6-9,12,14H,4-5,10-11H2,1-3H3. The molecular weight excluding hydrogens is 270 g/mol. The van der Waals surface area contributed by atoms with E-state index in [0.717, 1.165) is 18.4 Å². The molecule has 1 atom stereocenters. The molecular formula is C16H23NO4. The number of rotatable bonds is 8. The number of non-ortho nitro benzene ring substituents is 1. The summed E-state index contributed by atoms with van der Waals surface area (Å²) in [5.74, 6) is 0.161. The van der Waals surface area contributed by atoms with Gasteiger partial charge in [0.25, 0.3) is 5.69 Å². The van der Waals surface area contributed by atoms with Gasteiger partial charge < -0.3 is 4.74 Å². The van der Waals surface area contributed by atoms with Crippen LogP contribution < -0.4 is 0 Å². The summed E-state index contributed by atoms with van der Waals surface area (Å²) in [5.41, 5.74) is 1.01. The minimum Gasteiger partial charge on any atom is -0.465 e. The van der Waals surface area contributed by atoms with Crippen LogP contribution in [0.15, 0.2) is 24.3 Å². The smallest absolute Gasteiger partial charge is 0.306 e. The van der Waals surface area contributed by atoms with Crippen LogP contribution in [0.25, 0.3) is 0 Å². The number of hydrogen-bond acceptors (Lipinski definition) is 4. The van der Waals surface area contributed by atoms with Gasteiger partial charge in [0.15, 0.2) is 0 Å². The third kappa shape index (κ3) is 5.94. The molecule has 0 spiro atoms. The van der Waals surface area contributed by atoms with E-state index in [4.69, 9.17) is 4.74 Å². The number of nitro benzene ring substituents is 1. The number of carbonyl (C=O) groups excluding carboxylic acids is 1. The van der Waals surface area contributed by atoms with E-state index >= 15 is 0 Å². The lowest BCUT2D eigenvalue weighted by Crippen LogP contribution is -2.13. The second-order valence-corrected chi connectivity index (χ2v) is 5.62. The van der Waals surface area contributed by atoms with E-state index in [-0.39, 0.29) is 17.6 Å². The molecule has 1 aromatic rings. The molecule has 0 saturated heterocycles. The Hall–Kier alpha value is -1.91. The van der Waals surface area contributed by atoms with Crippen molar-refractivity contribution >= 4 is 11.7 Å². The molecule has 0 amide bonds. The SMILES string of the molecule is CCCC(CC(=O)OCC(C)C)c1ccc([N+](=O)[O-])cc1. The zero-order valence-corrected chi connectivity index (χ0v) is 12.9. The minimum absolute atomic E-state index is 0.0514. The third-order valence-corrected chi connectivity index (χ3v) is 3.20. The van der Waals surface area contributed by atoms with Gasteiger partial charge in [-0.15, -0.1) is 0 Å². The highest BCUT2D eigenvalue weighted by Crippen LogP contribution is 2.27. The highest BCUT2D eigenvalue weighted by molar-refractivity contribution is 5.70. The summed E-state index contributed by atoms with van der Waals surface area (Å²) >= 11 is 0. The summed E-state index contributed by atoms with van der Waals surface area (Å²) < 4.78 is 5.22. The highest BCUT2D eigenvalue weighted by Gasteiger charge is 2.17. The second kappa shape index (κ2) is 8.39. The topological polar surface area (TPSA) is 69.4 Å². The van der Waals surface area contributed by atoms with E-state index < -0.39 is 4.92 Å². The molecule has 1 rings (SSSR count). The summed E-state index contributed by atoms with van der Waals surface area (Å²) in [6.07, 6.45) is 2.12.